The zero-order valence-electron chi connectivity index (χ0n) is 10.6. The third-order valence-electron chi connectivity index (χ3n) is 3.43. The van der Waals surface area contributed by atoms with Crippen molar-refractivity contribution in [1.82, 2.24) is 9.80 Å². The summed E-state index contributed by atoms with van der Waals surface area (Å²) in [6.07, 6.45) is 1.21. The average molecular weight is 287 g/mol. The van der Waals surface area contributed by atoms with Gasteiger partial charge in [0.1, 0.15) is 0 Å². The van der Waals surface area contributed by atoms with Gasteiger partial charge in [0.25, 0.3) is 0 Å². The Bertz CT molecular complexity index is 371. The summed E-state index contributed by atoms with van der Waals surface area (Å²) in [5, 5.41) is 0.874. The van der Waals surface area contributed by atoms with E-state index in [1.807, 2.05) is 12.1 Å². The Morgan fingerprint density at radius 2 is 1.72 bits per heavy atom. The van der Waals surface area contributed by atoms with Crippen LogP contribution in [0.15, 0.2) is 24.3 Å². The molecule has 1 aliphatic heterocycles. The van der Waals surface area contributed by atoms with E-state index in [-0.39, 0.29) is 0 Å². The molecule has 0 bridgehead atoms. The molecule has 1 heterocycles. The fourth-order valence-electron chi connectivity index (χ4n) is 2.39. The molecule has 0 saturated carbocycles. The van der Waals surface area contributed by atoms with Gasteiger partial charge in [-0.3, -0.25) is 4.90 Å². The van der Waals surface area contributed by atoms with Gasteiger partial charge in [-0.25, -0.2) is 0 Å². The summed E-state index contributed by atoms with van der Waals surface area (Å²) in [6.45, 7) is 6.46. The lowest BCUT2D eigenvalue weighted by Gasteiger charge is -2.21. The van der Waals surface area contributed by atoms with Gasteiger partial charge in [-0.2, -0.15) is 0 Å². The Balaban J connectivity index is 1.89. The molecular weight excluding hydrogens is 267 g/mol. The fraction of sp³-hybridized carbons (Fsp3) is 0.571. The van der Waals surface area contributed by atoms with Gasteiger partial charge < -0.3 is 4.90 Å². The minimum absolute atomic E-state index is 0.727. The lowest BCUT2D eigenvalue weighted by Crippen LogP contribution is -2.31. The van der Waals surface area contributed by atoms with Crippen molar-refractivity contribution in [3.8, 4) is 0 Å². The molecule has 2 nitrogen and oxygen atoms in total. The van der Waals surface area contributed by atoms with Crippen LogP contribution in [0, 0.1) is 0 Å². The summed E-state index contributed by atoms with van der Waals surface area (Å²) in [5.74, 6) is 0.727. The predicted octanol–water partition coefficient (Wildman–Crippen LogP) is 3.09. The van der Waals surface area contributed by atoms with Gasteiger partial charge in [-0.1, -0.05) is 29.8 Å². The highest BCUT2D eigenvalue weighted by Gasteiger charge is 2.15. The van der Waals surface area contributed by atoms with Gasteiger partial charge >= 0.3 is 0 Å². The molecule has 0 radical (unpaired) electrons. The first-order valence-corrected chi connectivity index (χ1v) is 7.45. The molecule has 4 heteroatoms. The molecule has 0 N–H and O–H groups in total. The van der Waals surface area contributed by atoms with Crippen molar-refractivity contribution in [2.45, 2.75) is 13.0 Å². The van der Waals surface area contributed by atoms with Crippen molar-refractivity contribution in [2.75, 3.05) is 38.6 Å². The maximum Gasteiger partial charge on any atom is 0.0451 e. The normalized spacial score (nSPS) is 18.8. The quantitative estimate of drug-likeness (QED) is 0.785. The van der Waals surface area contributed by atoms with Crippen LogP contribution in [0.3, 0.4) is 0 Å². The molecule has 100 valence electrons. The number of hydrogen-bond donors (Lipinski definition) is 0. The lowest BCUT2D eigenvalue weighted by molar-refractivity contribution is 0.258. The van der Waals surface area contributed by atoms with Crippen molar-refractivity contribution in [3.63, 3.8) is 0 Å². The minimum Gasteiger partial charge on any atom is -0.301 e. The number of nitrogens with zero attached hydrogens (tertiary/aromatic N) is 2. The van der Waals surface area contributed by atoms with E-state index in [1.165, 1.54) is 12.0 Å². The molecule has 1 saturated heterocycles. The van der Waals surface area contributed by atoms with Crippen LogP contribution in [0.25, 0.3) is 0 Å². The Morgan fingerprint density at radius 1 is 1.00 bits per heavy atom. The van der Waals surface area contributed by atoms with E-state index in [0.717, 1.165) is 50.2 Å². The highest BCUT2D eigenvalue weighted by molar-refractivity contribution is 6.31. The zero-order chi connectivity index (χ0) is 12.8. The zero-order valence-corrected chi connectivity index (χ0v) is 12.1. The van der Waals surface area contributed by atoms with Crippen molar-refractivity contribution in [1.29, 1.82) is 0 Å². The van der Waals surface area contributed by atoms with Crippen LogP contribution < -0.4 is 0 Å². The summed E-state index contributed by atoms with van der Waals surface area (Å²) >= 11 is 12.0. The second-order valence-electron chi connectivity index (χ2n) is 4.75. The first-order chi connectivity index (χ1) is 8.79. The maximum absolute atomic E-state index is 6.21. The van der Waals surface area contributed by atoms with Crippen LogP contribution in [0.2, 0.25) is 5.02 Å². The molecule has 1 aliphatic rings. The van der Waals surface area contributed by atoms with E-state index in [2.05, 4.69) is 21.9 Å². The third-order valence-corrected chi connectivity index (χ3v) is 3.97. The largest absolute Gasteiger partial charge is 0.301 e. The second-order valence-corrected chi connectivity index (χ2v) is 5.54. The van der Waals surface area contributed by atoms with Crippen LogP contribution in [0.4, 0.5) is 0 Å². The topological polar surface area (TPSA) is 6.48 Å². The van der Waals surface area contributed by atoms with Gasteiger partial charge in [0.2, 0.25) is 0 Å². The molecule has 0 spiro atoms. The van der Waals surface area contributed by atoms with E-state index in [0.29, 0.717) is 0 Å². The van der Waals surface area contributed by atoms with Gasteiger partial charge in [0.15, 0.2) is 0 Å². The Morgan fingerprint density at radius 3 is 2.50 bits per heavy atom. The third kappa shape index (κ3) is 4.13. The fourth-order valence-corrected chi connectivity index (χ4v) is 2.83. The lowest BCUT2D eigenvalue weighted by atomic mass is 10.2. The molecule has 0 aromatic heterocycles. The number of alkyl halides is 1. The van der Waals surface area contributed by atoms with Crippen LogP contribution >= 0.6 is 23.2 Å². The molecule has 0 amide bonds. The number of hydrogen-bond acceptors (Lipinski definition) is 2. The molecule has 0 atom stereocenters. The number of halogens is 2. The van der Waals surface area contributed by atoms with E-state index in [4.69, 9.17) is 23.2 Å². The van der Waals surface area contributed by atoms with E-state index in [1.54, 1.807) is 0 Å². The van der Waals surface area contributed by atoms with E-state index >= 15 is 0 Å². The molecule has 1 aromatic rings. The summed E-state index contributed by atoms with van der Waals surface area (Å²) in [7, 11) is 0. The molecule has 2 rings (SSSR count). The van der Waals surface area contributed by atoms with Crippen molar-refractivity contribution in [3.05, 3.63) is 34.9 Å². The van der Waals surface area contributed by atoms with E-state index < -0.39 is 0 Å². The maximum atomic E-state index is 6.21. The SMILES string of the molecule is ClCCN1CCCN(Cc2ccccc2Cl)CC1. The first-order valence-electron chi connectivity index (χ1n) is 6.53. The van der Waals surface area contributed by atoms with Crippen LogP contribution in [0.1, 0.15) is 12.0 Å². The molecule has 0 unspecified atom stereocenters. The molecular formula is C14H20Cl2N2. The summed E-state index contributed by atoms with van der Waals surface area (Å²) < 4.78 is 0. The van der Waals surface area contributed by atoms with Gasteiger partial charge in [-0.15, -0.1) is 11.6 Å². The summed E-state index contributed by atoms with van der Waals surface area (Å²) in [6, 6.07) is 8.12. The highest BCUT2D eigenvalue weighted by atomic mass is 35.5. The van der Waals surface area contributed by atoms with E-state index in [9.17, 15) is 0 Å². The number of benzene rings is 1. The Hall–Kier alpha value is -0.280. The Kier molecular flexibility index (Phi) is 5.77. The molecule has 1 fully saturated rings. The second kappa shape index (κ2) is 7.34. The average Bonchev–Trinajstić information content (AvgIpc) is 2.59. The van der Waals surface area contributed by atoms with Gasteiger partial charge in [0, 0.05) is 37.1 Å². The minimum atomic E-state index is 0.727. The first kappa shape index (κ1) is 14.1. The summed E-state index contributed by atoms with van der Waals surface area (Å²) in [5.41, 5.74) is 1.23. The Labute approximate surface area is 119 Å². The van der Waals surface area contributed by atoms with Crippen molar-refractivity contribution >= 4 is 23.2 Å². The smallest absolute Gasteiger partial charge is 0.0451 e. The van der Waals surface area contributed by atoms with Crippen LogP contribution in [-0.2, 0) is 6.54 Å². The molecule has 18 heavy (non-hydrogen) atoms. The van der Waals surface area contributed by atoms with Crippen molar-refractivity contribution in [2.24, 2.45) is 0 Å². The van der Waals surface area contributed by atoms with Crippen LogP contribution in [-0.4, -0.2) is 48.4 Å². The van der Waals surface area contributed by atoms with Gasteiger partial charge in [-0.05, 0) is 31.1 Å². The molecule has 1 aromatic carbocycles. The monoisotopic (exact) mass is 286 g/mol. The predicted molar refractivity (Wildman–Crippen MR) is 78.5 cm³/mol. The summed E-state index contributed by atoms with van der Waals surface area (Å²) in [4.78, 5) is 4.93. The number of rotatable bonds is 4. The highest BCUT2D eigenvalue weighted by Crippen LogP contribution is 2.17. The standard InChI is InChI=1S/C14H20Cl2N2/c15-6-9-17-7-3-8-18(11-10-17)12-13-4-1-2-5-14(13)16/h1-2,4-5H,3,6-12H2. The van der Waals surface area contributed by atoms with Crippen LogP contribution in [0.5, 0.6) is 0 Å². The van der Waals surface area contributed by atoms with Crippen molar-refractivity contribution < 1.29 is 0 Å². The molecule has 0 aliphatic carbocycles. The van der Waals surface area contributed by atoms with Gasteiger partial charge in [0.05, 0.1) is 0 Å².